The van der Waals surface area contributed by atoms with Crippen molar-refractivity contribution in [2.75, 3.05) is 53.0 Å². The van der Waals surface area contributed by atoms with Crippen molar-refractivity contribution in [1.29, 1.82) is 0 Å². The molecule has 0 saturated carbocycles. The molecule has 2 saturated heterocycles. The minimum atomic E-state index is 0.655. The van der Waals surface area contributed by atoms with E-state index in [1.165, 1.54) is 45.2 Å². The van der Waals surface area contributed by atoms with E-state index >= 15 is 0 Å². The molecule has 0 aromatic rings. The maximum Gasteiger partial charge on any atom is 0.193 e. The Balaban J connectivity index is 1.81. The van der Waals surface area contributed by atoms with E-state index in [9.17, 15) is 0 Å². The topological polar surface area (TPSA) is 40.1 Å². The number of hydrogen-bond donors (Lipinski definition) is 1. The second-order valence-corrected chi connectivity index (χ2v) is 8.06. The van der Waals surface area contributed by atoms with E-state index in [4.69, 9.17) is 9.73 Å². The lowest BCUT2D eigenvalue weighted by Crippen LogP contribution is -2.42. The zero-order valence-corrected chi connectivity index (χ0v) is 17.0. The Morgan fingerprint density at radius 3 is 2.68 bits per heavy atom. The van der Waals surface area contributed by atoms with Crippen molar-refractivity contribution < 1.29 is 4.74 Å². The highest BCUT2D eigenvalue weighted by Crippen LogP contribution is 2.20. The molecule has 1 atom stereocenters. The minimum Gasteiger partial charge on any atom is -0.381 e. The average molecular weight is 353 g/mol. The van der Waals surface area contributed by atoms with Gasteiger partial charge in [-0.2, -0.15) is 0 Å². The van der Waals surface area contributed by atoms with Gasteiger partial charge in [-0.25, -0.2) is 0 Å². The first kappa shape index (κ1) is 20.5. The molecule has 0 aromatic heterocycles. The summed E-state index contributed by atoms with van der Waals surface area (Å²) in [7, 11) is 2.18. The third-order valence-corrected chi connectivity index (χ3v) is 5.69. The van der Waals surface area contributed by atoms with Crippen molar-refractivity contribution in [2.45, 2.75) is 58.9 Å². The largest absolute Gasteiger partial charge is 0.381 e. The number of likely N-dealkylation sites (tertiary alicyclic amines) is 1. The molecule has 0 aromatic carbocycles. The van der Waals surface area contributed by atoms with Gasteiger partial charge in [0, 0.05) is 52.5 Å². The molecule has 1 N–H and O–H groups in total. The molecule has 146 valence electrons. The molecule has 2 aliphatic rings. The lowest BCUT2D eigenvalue weighted by Gasteiger charge is -2.35. The van der Waals surface area contributed by atoms with Crippen molar-refractivity contribution in [2.24, 2.45) is 16.8 Å². The van der Waals surface area contributed by atoms with Gasteiger partial charge in [-0.3, -0.25) is 4.99 Å². The number of guanidine groups is 1. The quantitative estimate of drug-likeness (QED) is 0.565. The fourth-order valence-electron chi connectivity index (χ4n) is 3.92. The number of rotatable bonds is 7. The van der Waals surface area contributed by atoms with Crippen molar-refractivity contribution >= 4 is 5.96 Å². The van der Waals surface area contributed by atoms with Gasteiger partial charge in [0.2, 0.25) is 0 Å². The fourth-order valence-corrected chi connectivity index (χ4v) is 3.92. The molecule has 0 bridgehead atoms. The monoisotopic (exact) mass is 352 g/mol. The van der Waals surface area contributed by atoms with E-state index < -0.39 is 0 Å². The van der Waals surface area contributed by atoms with Crippen LogP contribution in [0.25, 0.3) is 0 Å². The average Bonchev–Trinajstić information content (AvgIpc) is 2.64. The summed E-state index contributed by atoms with van der Waals surface area (Å²) in [6, 6.07) is 0.655. The number of nitrogens with one attached hydrogen (secondary N) is 1. The van der Waals surface area contributed by atoms with Crippen molar-refractivity contribution in [3.63, 3.8) is 0 Å². The van der Waals surface area contributed by atoms with Gasteiger partial charge in [0.1, 0.15) is 0 Å². The van der Waals surface area contributed by atoms with Gasteiger partial charge in [-0.1, -0.05) is 0 Å². The molecule has 1 unspecified atom stereocenters. The molecule has 0 aliphatic carbocycles. The van der Waals surface area contributed by atoms with Crippen LogP contribution < -0.4 is 5.32 Å². The van der Waals surface area contributed by atoms with E-state index in [0.717, 1.165) is 44.7 Å². The molecule has 0 radical (unpaired) electrons. The Morgan fingerprint density at radius 1 is 1.24 bits per heavy atom. The summed E-state index contributed by atoms with van der Waals surface area (Å²) >= 11 is 0. The highest BCUT2D eigenvalue weighted by atomic mass is 16.5. The van der Waals surface area contributed by atoms with Gasteiger partial charge < -0.3 is 19.9 Å². The first-order valence-electron chi connectivity index (χ1n) is 10.4. The van der Waals surface area contributed by atoms with Gasteiger partial charge in [-0.15, -0.1) is 0 Å². The molecule has 2 aliphatic heterocycles. The number of aliphatic imine (C=N–C) groups is 1. The SMILES string of the molecule is CCNC(=NCC1CCCN(C(C)C)C1)N(C)CCC1CCOCC1. The van der Waals surface area contributed by atoms with Crippen LogP contribution in [-0.2, 0) is 4.74 Å². The van der Waals surface area contributed by atoms with Crippen molar-refractivity contribution in [1.82, 2.24) is 15.1 Å². The molecule has 2 rings (SSSR count). The van der Waals surface area contributed by atoms with Gasteiger partial charge >= 0.3 is 0 Å². The Labute approximate surface area is 155 Å². The summed E-state index contributed by atoms with van der Waals surface area (Å²) in [5.41, 5.74) is 0. The predicted octanol–water partition coefficient (Wildman–Crippen LogP) is 2.82. The maximum absolute atomic E-state index is 5.47. The maximum atomic E-state index is 5.47. The Hall–Kier alpha value is -0.810. The Bertz CT molecular complexity index is 393. The Morgan fingerprint density at radius 2 is 2.00 bits per heavy atom. The number of hydrogen-bond acceptors (Lipinski definition) is 3. The normalized spacial score (nSPS) is 23.9. The third kappa shape index (κ3) is 7.14. The highest BCUT2D eigenvalue weighted by molar-refractivity contribution is 5.79. The lowest BCUT2D eigenvalue weighted by atomic mass is 9.96. The van der Waals surface area contributed by atoms with Crippen LogP contribution in [0, 0.1) is 11.8 Å². The molecule has 2 fully saturated rings. The predicted molar refractivity (Wildman–Crippen MR) is 106 cm³/mol. The van der Waals surface area contributed by atoms with E-state index in [1.807, 2.05) is 0 Å². The number of nitrogens with zero attached hydrogens (tertiary/aromatic N) is 3. The van der Waals surface area contributed by atoms with E-state index in [0.29, 0.717) is 12.0 Å². The summed E-state index contributed by atoms with van der Waals surface area (Å²) in [5, 5.41) is 3.48. The van der Waals surface area contributed by atoms with Crippen LogP contribution in [0.3, 0.4) is 0 Å². The van der Waals surface area contributed by atoms with E-state index in [1.54, 1.807) is 0 Å². The summed E-state index contributed by atoms with van der Waals surface area (Å²) in [5.74, 6) is 2.60. The van der Waals surface area contributed by atoms with Gasteiger partial charge in [-0.05, 0) is 71.3 Å². The summed E-state index contributed by atoms with van der Waals surface area (Å²) in [4.78, 5) is 9.90. The van der Waals surface area contributed by atoms with Crippen LogP contribution in [0.5, 0.6) is 0 Å². The van der Waals surface area contributed by atoms with Crippen molar-refractivity contribution in [3.8, 4) is 0 Å². The molecular weight excluding hydrogens is 312 g/mol. The van der Waals surface area contributed by atoms with Crippen LogP contribution in [-0.4, -0.2) is 74.8 Å². The molecule has 2 heterocycles. The summed E-state index contributed by atoms with van der Waals surface area (Å²) < 4.78 is 5.47. The van der Waals surface area contributed by atoms with Crippen LogP contribution in [0.2, 0.25) is 0 Å². The summed E-state index contributed by atoms with van der Waals surface area (Å²) in [6.07, 6.45) is 6.31. The van der Waals surface area contributed by atoms with Crippen LogP contribution in [0.1, 0.15) is 52.9 Å². The minimum absolute atomic E-state index is 0.655. The molecule has 25 heavy (non-hydrogen) atoms. The first-order valence-corrected chi connectivity index (χ1v) is 10.4. The molecule has 5 nitrogen and oxygen atoms in total. The fraction of sp³-hybridized carbons (Fsp3) is 0.950. The van der Waals surface area contributed by atoms with E-state index in [-0.39, 0.29) is 0 Å². The molecule has 5 heteroatoms. The molecule has 0 spiro atoms. The van der Waals surface area contributed by atoms with E-state index in [2.05, 4.69) is 42.9 Å². The highest BCUT2D eigenvalue weighted by Gasteiger charge is 2.22. The van der Waals surface area contributed by atoms with Crippen LogP contribution in [0.15, 0.2) is 4.99 Å². The zero-order chi connectivity index (χ0) is 18.1. The second kappa shape index (κ2) is 11.0. The van der Waals surface area contributed by atoms with Gasteiger partial charge in [0.15, 0.2) is 5.96 Å². The number of piperidine rings is 1. The third-order valence-electron chi connectivity index (χ3n) is 5.69. The van der Waals surface area contributed by atoms with Gasteiger partial charge in [0.05, 0.1) is 0 Å². The Kier molecular flexibility index (Phi) is 9.04. The van der Waals surface area contributed by atoms with Crippen molar-refractivity contribution in [3.05, 3.63) is 0 Å². The first-order chi connectivity index (χ1) is 12.1. The van der Waals surface area contributed by atoms with Crippen LogP contribution >= 0.6 is 0 Å². The van der Waals surface area contributed by atoms with Crippen LogP contribution in [0.4, 0.5) is 0 Å². The standard InChI is InChI=1S/C20H40N4O/c1-5-21-20(23(4)12-8-18-9-13-25-14-10-18)22-15-19-7-6-11-24(16-19)17(2)3/h17-19H,5-16H2,1-4H3,(H,21,22). The summed E-state index contributed by atoms with van der Waals surface area (Å²) in [6.45, 7) is 14.1. The lowest BCUT2D eigenvalue weighted by molar-refractivity contribution is 0.0625. The number of ether oxygens (including phenoxy) is 1. The molecular formula is C20H40N4O. The smallest absolute Gasteiger partial charge is 0.193 e. The second-order valence-electron chi connectivity index (χ2n) is 8.06. The molecule has 0 amide bonds. The zero-order valence-electron chi connectivity index (χ0n) is 17.0. The van der Waals surface area contributed by atoms with Gasteiger partial charge in [0.25, 0.3) is 0 Å².